The Bertz CT molecular complexity index is 1080. The molecule has 10 heteroatoms. The summed E-state index contributed by atoms with van der Waals surface area (Å²) in [6.07, 6.45) is 7.44. The highest BCUT2D eigenvalue weighted by atomic mass is 16.4. The van der Waals surface area contributed by atoms with E-state index in [2.05, 4.69) is 25.9 Å². The van der Waals surface area contributed by atoms with Gasteiger partial charge < -0.3 is 26.2 Å². The largest absolute Gasteiger partial charge is 0.508 e. The maximum Gasteiger partial charge on any atom is 0.328 e. The van der Waals surface area contributed by atoms with E-state index in [1.807, 2.05) is 6.07 Å². The van der Waals surface area contributed by atoms with Crippen LogP contribution in [-0.4, -0.2) is 57.1 Å². The van der Waals surface area contributed by atoms with Gasteiger partial charge in [0.15, 0.2) is 0 Å². The van der Waals surface area contributed by atoms with E-state index in [0.717, 1.165) is 44.1 Å². The van der Waals surface area contributed by atoms with Gasteiger partial charge in [-0.15, -0.1) is 0 Å². The summed E-state index contributed by atoms with van der Waals surface area (Å²) in [5.74, 6) is -1.06. The number of aromatic nitrogens is 2. The highest BCUT2D eigenvalue weighted by Gasteiger charge is 2.25. The van der Waals surface area contributed by atoms with Gasteiger partial charge in [-0.1, -0.05) is 31.4 Å². The molecule has 1 atom stereocenters. The number of phenolic OH excluding ortho intramolecular Hbond substituents is 1. The molecular weight excluding hydrogens is 474 g/mol. The first-order valence-corrected chi connectivity index (χ1v) is 12.9. The number of carbonyl (C=O) groups is 3. The van der Waals surface area contributed by atoms with Crippen LogP contribution in [0.1, 0.15) is 72.3 Å². The molecule has 0 unspecified atom stereocenters. The maximum atomic E-state index is 12.9. The zero-order valence-electron chi connectivity index (χ0n) is 21.5. The summed E-state index contributed by atoms with van der Waals surface area (Å²) in [5, 5.41) is 27.4. The Morgan fingerprint density at radius 3 is 2.43 bits per heavy atom. The fourth-order valence-electron chi connectivity index (χ4n) is 4.70. The number of aliphatic carboxylic acids is 1. The van der Waals surface area contributed by atoms with Gasteiger partial charge in [-0.05, 0) is 63.1 Å². The number of nitrogens with zero attached hydrogens (tertiary/aromatic N) is 2. The van der Waals surface area contributed by atoms with Crippen LogP contribution < -0.4 is 16.0 Å². The molecule has 1 aliphatic carbocycles. The van der Waals surface area contributed by atoms with Crippen LogP contribution in [-0.2, 0) is 16.0 Å². The lowest BCUT2D eigenvalue weighted by atomic mass is 9.87. The number of carboxylic acids is 1. The fraction of sp³-hybridized carbons (Fsp3) is 0.519. The van der Waals surface area contributed by atoms with Gasteiger partial charge in [-0.25, -0.2) is 14.8 Å². The molecule has 2 aromatic rings. The van der Waals surface area contributed by atoms with Crippen molar-refractivity contribution in [1.82, 2.24) is 20.6 Å². The number of aromatic hydroxyl groups is 1. The molecule has 5 N–H and O–H groups in total. The second kappa shape index (κ2) is 13.6. The van der Waals surface area contributed by atoms with Crippen molar-refractivity contribution < 1.29 is 24.6 Å². The van der Waals surface area contributed by atoms with Crippen LogP contribution in [0, 0.1) is 19.8 Å². The number of anilines is 1. The minimum absolute atomic E-state index is 0.190. The van der Waals surface area contributed by atoms with Gasteiger partial charge in [-0.3, -0.25) is 9.59 Å². The third-order valence-corrected chi connectivity index (χ3v) is 6.64. The van der Waals surface area contributed by atoms with E-state index in [-0.39, 0.29) is 23.8 Å². The van der Waals surface area contributed by atoms with Gasteiger partial charge in [0.25, 0.3) is 5.91 Å². The number of amides is 2. The van der Waals surface area contributed by atoms with Crippen molar-refractivity contribution in [2.75, 3.05) is 18.4 Å². The summed E-state index contributed by atoms with van der Waals surface area (Å²) in [6, 6.07) is 5.84. The third kappa shape index (κ3) is 8.73. The molecule has 0 radical (unpaired) electrons. The Hall–Kier alpha value is -3.69. The minimum atomic E-state index is -1.27. The van der Waals surface area contributed by atoms with Crippen LogP contribution in [0.3, 0.4) is 0 Å². The standard InChI is InChI=1S/C27H37N5O5/c1-17-24(18(2)31-27(30-17)28-13-7-11-19-10-6-12-21(33)14-19)25(35)32-22(26(36)37)16-29-23(34)15-20-8-4-3-5-9-20/h6,10,12,14,20,22,33H,3-5,7-9,11,13,15-16H2,1-2H3,(H,29,34)(H,32,35)(H,36,37)(H,28,30,31)/t22-/m0/s1. The zero-order valence-corrected chi connectivity index (χ0v) is 21.5. The second-order valence-corrected chi connectivity index (χ2v) is 9.67. The molecule has 0 aliphatic heterocycles. The Morgan fingerprint density at radius 2 is 1.78 bits per heavy atom. The first-order valence-electron chi connectivity index (χ1n) is 12.9. The SMILES string of the molecule is Cc1nc(NCCCc2cccc(O)c2)nc(C)c1C(=O)N[C@@H](CNC(=O)CC1CCCCC1)C(=O)O. The van der Waals surface area contributed by atoms with Gasteiger partial charge in [0.05, 0.1) is 17.0 Å². The van der Waals surface area contributed by atoms with Crippen molar-refractivity contribution in [3.05, 3.63) is 46.8 Å². The topological polar surface area (TPSA) is 154 Å². The van der Waals surface area contributed by atoms with Crippen molar-refractivity contribution in [3.63, 3.8) is 0 Å². The number of nitrogens with one attached hydrogen (secondary N) is 3. The average Bonchev–Trinajstić information content (AvgIpc) is 2.84. The molecule has 1 saturated carbocycles. The van der Waals surface area contributed by atoms with Gasteiger partial charge in [0.2, 0.25) is 11.9 Å². The van der Waals surface area contributed by atoms with E-state index in [4.69, 9.17) is 0 Å². The highest BCUT2D eigenvalue weighted by molar-refractivity contribution is 5.98. The summed E-state index contributed by atoms with van der Waals surface area (Å²) in [6.45, 7) is 3.75. The third-order valence-electron chi connectivity index (χ3n) is 6.64. The molecule has 10 nitrogen and oxygen atoms in total. The van der Waals surface area contributed by atoms with E-state index in [0.29, 0.717) is 36.2 Å². The minimum Gasteiger partial charge on any atom is -0.508 e. The van der Waals surface area contributed by atoms with Gasteiger partial charge in [0, 0.05) is 19.5 Å². The fourth-order valence-corrected chi connectivity index (χ4v) is 4.70. The lowest BCUT2D eigenvalue weighted by Crippen LogP contribution is -2.49. The first-order chi connectivity index (χ1) is 17.7. The first kappa shape index (κ1) is 27.9. The Labute approximate surface area is 217 Å². The van der Waals surface area contributed by atoms with Gasteiger partial charge in [0.1, 0.15) is 11.8 Å². The van der Waals surface area contributed by atoms with Crippen molar-refractivity contribution >= 4 is 23.7 Å². The molecule has 1 fully saturated rings. The van der Waals surface area contributed by atoms with Crippen molar-refractivity contribution in [1.29, 1.82) is 0 Å². The zero-order chi connectivity index (χ0) is 26.8. The van der Waals surface area contributed by atoms with Gasteiger partial charge in [-0.2, -0.15) is 0 Å². The van der Waals surface area contributed by atoms with Crippen LogP contribution >= 0.6 is 0 Å². The lowest BCUT2D eigenvalue weighted by Gasteiger charge is -2.21. The van der Waals surface area contributed by atoms with Crippen LogP contribution in [0.4, 0.5) is 5.95 Å². The molecule has 1 aromatic carbocycles. The van der Waals surface area contributed by atoms with Crippen LogP contribution in [0.2, 0.25) is 0 Å². The Balaban J connectivity index is 1.51. The molecule has 2 amide bonds. The van der Waals surface area contributed by atoms with E-state index >= 15 is 0 Å². The van der Waals surface area contributed by atoms with E-state index < -0.39 is 17.9 Å². The van der Waals surface area contributed by atoms with Crippen molar-refractivity contribution in [2.45, 2.75) is 71.3 Å². The number of aryl methyl sites for hydroxylation is 3. The lowest BCUT2D eigenvalue weighted by molar-refractivity contribution is -0.139. The number of carboxylic acid groups (broad SMARTS) is 1. The van der Waals surface area contributed by atoms with Crippen molar-refractivity contribution in [3.8, 4) is 5.75 Å². The predicted molar refractivity (Wildman–Crippen MR) is 140 cm³/mol. The molecule has 200 valence electrons. The summed E-state index contributed by atoms with van der Waals surface area (Å²) >= 11 is 0. The molecule has 0 bridgehead atoms. The molecule has 1 aromatic heterocycles. The summed E-state index contributed by atoms with van der Waals surface area (Å²) < 4.78 is 0. The monoisotopic (exact) mass is 511 g/mol. The van der Waals surface area contributed by atoms with E-state index in [1.54, 1.807) is 32.0 Å². The Kier molecular flexibility index (Phi) is 10.2. The molecule has 3 rings (SSSR count). The number of benzene rings is 1. The number of hydrogen-bond acceptors (Lipinski definition) is 7. The quantitative estimate of drug-likeness (QED) is 0.272. The second-order valence-electron chi connectivity index (χ2n) is 9.67. The number of rotatable bonds is 12. The van der Waals surface area contributed by atoms with Crippen LogP contribution in [0.15, 0.2) is 24.3 Å². The maximum absolute atomic E-state index is 12.9. The summed E-state index contributed by atoms with van der Waals surface area (Å²) in [7, 11) is 0. The smallest absolute Gasteiger partial charge is 0.328 e. The summed E-state index contributed by atoms with van der Waals surface area (Å²) in [4.78, 5) is 45.7. The van der Waals surface area contributed by atoms with Crippen LogP contribution in [0.25, 0.3) is 0 Å². The molecule has 37 heavy (non-hydrogen) atoms. The molecule has 0 spiro atoms. The Morgan fingerprint density at radius 1 is 1.08 bits per heavy atom. The van der Waals surface area contributed by atoms with Crippen LogP contribution in [0.5, 0.6) is 5.75 Å². The predicted octanol–water partition coefficient (Wildman–Crippen LogP) is 3.11. The van der Waals surface area contributed by atoms with Gasteiger partial charge >= 0.3 is 5.97 Å². The summed E-state index contributed by atoms with van der Waals surface area (Å²) in [5.41, 5.74) is 2.09. The normalized spacial score (nSPS) is 14.5. The van der Waals surface area contributed by atoms with E-state index in [9.17, 15) is 24.6 Å². The van der Waals surface area contributed by atoms with E-state index in [1.165, 1.54) is 6.42 Å². The molecule has 1 aliphatic rings. The molecule has 0 saturated heterocycles. The number of carbonyl (C=O) groups excluding carboxylic acids is 2. The number of hydrogen-bond donors (Lipinski definition) is 5. The molecular formula is C27H37N5O5. The molecule has 1 heterocycles. The number of phenols is 1. The van der Waals surface area contributed by atoms with Crippen molar-refractivity contribution in [2.24, 2.45) is 5.92 Å². The highest BCUT2D eigenvalue weighted by Crippen LogP contribution is 2.26. The average molecular weight is 512 g/mol.